The Morgan fingerprint density at radius 3 is 2.65 bits per heavy atom. The Hall–Kier alpha value is -4.62. The van der Waals surface area contributed by atoms with Crippen molar-refractivity contribution in [1.29, 1.82) is 5.26 Å². The average Bonchev–Trinajstić information content (AvgIpc) is 3.35. The molecule has 1 heterocycles. The number of aromatic nitrogens is 1. The summed E-state index contributed by atoms with van der Waals surface area (Å²) in [5.41, 5.74) is 2.99. The zero-order valence-corrected chi connectivity index (χ0v) is 23.2. The van der Waals surface area contributed by atoms with Crippen LogP contribution in [0.15, 0.2) is 76.9 Å². The number of anilines is 1. The van der Waals surface area contributed by atoms with Crippen LogP contribution in [0.1, 0.15) is 18.1 Å². The lowest BCUT2D eigenvalue weighted by molar-refractivity contribution is -0.118. The van der Waals surface area contributed by atoms with Gasteiger partial charge in [0.25, 0.3) is 11.8 Å². The maximum Gasteiger partial charge on any atom is 0.262 e. The van der Waals surface area contributed by atoms with Crippen LogP contribution in [0, 0.1) is 17.1 Å². The average molecular weight is 605 g/mol. The van der Waals surface area contributed by atoms with Gasteiger partial charge < -0.3 is 25.1 Å². The van der Waals surface area contributed by atoms with Gasteiger partial charge in [-0.3, -0.25) is 9.59 Å². The van der Waals surface area contributed by atoms with Crippen LogP contribution in [0.5, 0.6) is 11.5 Å². The monoisotopic (exact) mass is 604 g/mol. The summed E-state index contributed by atoms with van der Waals surface area (Å²) in [7, 11) is 0. The summed E-state index contributed by atoms with van der Waals surface area (Å²) in [4.78, 5) is 28.3. The first-order chi connectivity index (χ1) is 19.4. The summed E-state index contributed by atoms with van der Waals surface area (Å²) in [6, 6.07) is 18.5. The molecule has 4 rings (SSSR count). The molecule has 3 aromatic carbocycles. The molecule has 0 spiro atoms. The molecule has 0 aliphatic carbocycles. The van der Waals surface area contributed by atoms with Crippen LogP contribution < -0.4 is 20.1 Å². The van der Waals surface area contributed by atoms with Gasteiger partial charge in [0.15, 0.2) is 18.1 Å². The highest BCUT2D eigenvalue weighted by Gasteiger charge is 2.16. The molecule has 8 nitrogen and oxygen atoms in total. The highest BCUT2D eigenvalue weighted by atomic mass is 79.9. The second-order valence-electron chi connectivity index (χ2n) is 8.64. The summed E-state index contributed by atoms with van der Waals surface area (Å²) in [5.74, 6) is -0.726. The van der Waals surface area contributed by atoms with Crippen LogP contribution in [-0.4, -0.2) is 36.6 Å². The number of benzene rings is 3. The molecule has 0 atom stereocenters. The summed E-state index contributed by atoms with van der Waals surface area (Å²) < 4.78 is 25.0. The number of fused-ring (bicyclic) bond motifs is 1. The van der Waals surface area contributed by atoms with Gasteiger partial charge in [-0.1, -0.05) is 18.2 Å². The number of ether oxygens (including phenoxy) is 2. The van der Waals surface area contributed by atoms with E-state index in [0.717, 1.165) is 16.5 Å². The lowest BCUT2D eigenvalue weighted by Gasteiger charge is -2.15. The lowest BCUT2D eigenvalue weighted by atomic mass is 10.1. The molecule has 0 bridgehead atoms. The van der Waals surface area contributed by atoms with E-state index >= 15 is 0 Å². The molecule has 0 radical (unpaired) electrons. The molecule has 204 valence electrons. The Balaban J connectivity index is 1.41. The van der Waals surface area contributed by atoms with E-state index in [1.165, 1.54) is 30.3 Å². The van der Waals surface area contributed by atoms with Crippen molar-refractivity contribution < 1.29 is 23.5 Å². The summed E-state index contributed by atoms with van der Waals surface area (Å²) in [6.07, 6.45) is 3.98. The fourth-order valence-electron chi connectivity index (χ4n) is 4.00. The van der Waals surface area contributed by atoms with Gasteiger partial charge in [0, 0.05) is 29.3 Å². The molecule has 0 aliphatic heterocycles. The van der Waals surface area contributed by atoms with E-state index in [-0.39, 0.29) is 17.9 Å². The quantitative estimate of drug-likeness (QED) is 0.149. The number of hydrogen-bond donors (Lipinski definition) is 3. The van der Waals surface area contributed by atoms with Crippen LogP contribution in [-0.2, 0) is 16.0 Å². The number of hydrogen-bond acceptors (Lipinski definition) is 5. The predicted molar refractivity (Wildman–Crippen MR) is 154 cm³/mol. The topological polar surface area (TPSA) is 116 Å². The third-order valence-electron chi connectivity index (χ3n) is 5.84. The fourth-order valence-corrected chi connectivity index (χ4v) is 4.58. The summed E-state index contributed by atoms with van der Waals surface area (Å²) in [5, 5.41) is 16.2. The molecule has 0 aliphatic rings. The van der Waals surface area contributed by atoms with Gasteiger partial charge in [-0.05, 0) is 88.9 Å². The zero-order valence-electron chi connectivity index (χ0n) is 21.6. The molecular formula is C30H26BrFN4O4. The van der Waals surface area contributed by atoms with E-state index in [1.807, 2.05) is 36.5 Å². The Morgan fingerprint density at radius 2 is 1.90 bits per heavy atom. The van der Waals surface area contributed by atoms with Crippen molar-refractivity contribution in [3.05, 3.63) is 93.9 Å². The molecule has 0 saturated heterocycles. The summed E-state index contributed by atoms with van der Waals surface area (Å²) in [6.45, 7) is 2.15. The number of H-pyrrole nitrogens is 1. The molecule has 2 amide bonds. The van der Waals surface area contributed by atoms with Crippen molar-refractivity contribution in [3.63, 3.8) is 0 Å². The first-order valence-electron chi connectivity index (χ1n) is 12.5. The number of carbonyl (C=O) groups is 2. The number of nitrogens with one attached hydrogen (secondary N) is 3. The smallest absolute Gasteiger partial charge is 0.262 e. The highest BCUT2D eigenvalue weighted by molar-refractivity contribution is 9.10. The van der Waals surface area contributed by atoms with Gasteiger partial charge in [0.05, 0.1) is 11.1 Å². The van der Waals surface area contributed by atoms with Gasteiger partial charge in [-0.25, -0.2) is 4.39 Å². The molecular weight excluding hydrogens is 579 g/mol. The predicted octanol–water partition coefficient (Wildman–Crippen LogP) is 5.75. The van der Waals surface area contributed by atoms with Gasteiger partial charge in [-0.15, -0.1) is 0 Å². The number of rotatable bonds is 11. The third kappa shape index (κ3) is 7.27. The van der Waals surface area contributed by atoms with E-state index in [2.05, 4.69) is 31.5 Å². The number of nitriles is 1. The minimum atomic E-state index is -0.491. The standard InChI is InChI=1S/C30H26BrFN4O4/c1-2-39-27-15-19(14-25(31)29(27)40-18-28(37)36-23-9-7-22(32)8-10-23)13-21(16-33)30(38)34-12-11-20-17-35-26-6-4-3-5-24(20)26/h3-10,13-15,17,35H,2,11-12,18H2,1H3,(H,34,38)(H,36,37)/b21-13-. The van der Waals surface area contributed by atoms with Gasteiger partial charge in [-0.2, -0.15) is 5.26 Å². The first kappa shape index (κ1) is 28.4. The van der Waals surface area contributed by atoms with Crippen molar-refractivity contribution in [2.75, 3.05) is 25.1 Å². The molecule has 40 heavy (non-hydrogen) atoms. The molecule has 0 fully saturated rings. The van der Waals surface area contributed by atoms with Crippen LogP contribution in [0.3, 0.4) is 0 Å². The maximum atomic E-state index is 13.1. The van der Waals surface area contributed by atoms with Crippen LogP contribution >= 0.6 is 15.9 Å². The Labute approximate surface area is 238 Å². The fraction of sp³-hybridized carbons (Fsp3) is 0.167. The molecule has 1 aromatic heterocycles. The number of amides is 2. The normalized spacial score (nSPS) is 11.1. The number of para-hydroxylation sites is 1. The molecule has 0 unspecified atom stereocenters. The number of carbonyl (C=O) groups excluding carboxylic acids is 2. The van der Waals surface area contributed by atoms with Gasteiger partial charge >= 0.3 is 0 Å². The van der Waals surface area contributed by atoms with Crippen molar-refractivity contribution in [3.8, 4) is 17.6 Å². The lowest BCUT2D eigenvalue weighted by Crippen LogP contribution is -2.26. The van der Waals surface area contributed by atoms with Crippen molar-refractivity contribution in [2.45, 2.75) is 13.3 Å². The number of nitrogens with zero attached hydrogens (tertiary/aromatic N) is 1. The second kappa shape index (κ2) is 13.4. The van der Waals surface area contributed by atoms with Crippen LogP contribution in [0.2, 0.25) is 0 Å². The van der Waals surface area contributed by atoms with E-state index in [9.17, 15) is 19.2 Å². The SMILES string of the molecule is CCOc1cc(/C=C(/C#N)C(=O)NCCc2c[nH]c3ccccc23)cc(Br)c1OCC(=O)Nc1ccc(F)cc1. The second-order valence-corrected chi connectivity index (χ2v) is 9.50. The first-order valence-corrected chi connectivity index (χ1v) is 13.3. The number of halogens is 2. The Morgan fingerprint density at radius 1 is 1.12 bits per heavy atom. The van der Waals surface area contributed by atoms with Crippen LogP contribution in [0.25, 0.3) is 17.0 Å². The molecule has 4 aromatic rings. The Kier molecular flexibility index (Phi) is 9.54. The van der Waals surface area contributed by atoms with E-state index in [1.54, 1.807) is 19.1 Å². The van der Waals surface area contributed by atoms with E-state index < -0.39 is 17.6 Å². The molecule has 3 N–H and O–H groups in total. The minimum Gasteiger partial charge on any atom is -0.490 e. The molecule has 0 saturated carbocycles. The number of aromatic amines is 1. The van der Waals surface area contributed by atoms with E-state index in [0.29, 0.717) is 41.0 Å². The van der Waals surface area contributed by atoms with Gasteiger partial charge in [0.2, 0.25) is 0 Å². The summed E-state index contributed by atoms with van der Waals surface area (Å²) >= 11 is 3.43. The van der Waals surface area contributed by atoms with Crippen molar-refractivity contribution in [2.24, 2.45) is 0 Å². The van der Waals surface area contributed by atoms with Gasteiger partial charge in [0.1, 0.15) is 17.5 Å². The minimum absolute atomic E-state index is 0.0689. The zero-order chi connectivity index (χ0) is 28.5. The van der Waals surface area contributed by atoms with Crippen molar-refractivity contribution >= 4 is 50.4 Å². The maximum absolute atomic E-state index is 13.1. The Bertz CT molecular complexity index is 1590. The van der Waals surface area contributed by atoms with E-state index in [4.69, 9.17) is 9.47 Å². The third-order valence-corrected chi connectivity index (χ3v) is 6.43. The largest absolute Gasteiger partial charge is 0.490 e. The van der Waals surface area contributed by atoms with Crippen molar-refractivity contribution in [1.82, 2.24) is 10.3 Å². The highest BCUT2D eigenvalue weighted by Crippen LogP contribution is 2.37. The molecule has 10 heteroatoms. The van der Waals surface area contributed by atoms with Crippen LogP contribution in [0.4, 0.5) is 10.1 Å².